The van der Waals surface area contributed by atoms with Crippen LogP contribution in [0.15, 0.2) is 36.4 Å². The van der Waals surface area contributed by atoms with Gasteiger partial charge >= 0.3 is 5.97 Å². The van der Waals surface area contributed by atoms with Crippen LogP contribution < -0.4 is 10.1 Å². The van der Waals surface area contributed by atoms with E-state index in [1.54, 1.807) is 18.2 Å². The summed E-state index contributed by atoms with van der Waals surface area (Å²) in [6.45, 7) is -0.583. The van der Waals surface area contributed by atoms with Gasteiger partial charge in [0.15, 0.2) is 6.61 Å². The molecule has 0 radical (unpaired) electrons. The number of nitro benzene ring substituents is 1. The highest BCUT2D eigenvalue weighted by Crippen LogP contribution is 2.37. The van der Waals surface area contributed by atoms with Gasteiger partial charge in [-0.3, -0.25) is 14.9 Å². The first-order valence-electron chi connectivity index (χ1n) is 7.97. The number of hydrogen-bond donors (Lipinski definition) is 1. The van der Waals surface area contributed by atoms with Gasteiger partial charge in [-0.2, -0.15) is 0 Å². The molecule has 0 aliphatic heterocycles. The molecule has 1 heterocycles. The number of thiophene rings is 1. The molecule has 0 bridgehead atoms. The third-order valence-electron chi connectivity index (χ3n) is 3.79. The van der Waals surface area contributed by atoms with Crippen LogP contribution in [-0.4, -0.2) is 30.5 Å². The topological polar surface area (TPSA) is 108 Å². The third-order valence-corrected chi connectivity index (χ3v) is 5.74. The predicted octanol–water partition coefficient (Wildman–Crippen LogP) is 4.92. The zero-order valence-corrected chi connectivity index (χ0v) is 17.1. The van der Waals surface area contributed by atoms with Crippen molar-refractivity contribution in [2.45, 2.75) is 0 Å². The normalized spacial score (nSPS) is 10.6. The fourth-order valence-electron chi connectivity index (χ4n) is 2.41. The van der Waals surface area contributed by atoms with E-state index in [2.05, 4.69) is 5.32 Å². The average molecular weight is 455 g/mol. The van der Waals surface area contributed by atoms with Gasteiger partial charge in [-0.05, 0) is 24.3 Å². The standard InChI is InChI=1S/C18H12Cl2N2O6S/c1-27-10-3-4-11-14(7-10)29-17(16(11)20)18(24)28-8-15(23)21-13-5-2-9(22(25)26)6-12(13)19/h2-7H,8H2,1H3,(H,21,23). The fourth-order valence-corrected chi connectivity index (χ4v) is 4.06. The molecule has 150 valence electrons. The molecule has 11 heteroatoms. The summed E-state index contributed by atoms with van der Waals surface area (Å²) < 4.78 is 10.9. The Balaban J connectivity index is 1.66. The number of anilines is 1. The van der Waals surface area contributed by atoms with Crippen LogP contribution in [0, 0.1) is 10.1 Å². The zero-order valence-electron chi connectivity index (χ0n) is 14.7. The van der Waals surface area contributed by atoms with E-state index in [-0.39, 0.29) is 26.3 Å². The molecule has 0 saturated carbocycles. The first-order chi connectivity index (χ1) is 13.8. The number of nitro groups is 1. The quantitative estimate of drug-likeness (QED) is 0.321. The summed E-state index contributed by atoms with van der Waals surface area (Å²) >= 11 is 13.3. The number of carbonyl (C=O) groups is 2. The fraction of sp³-hybridized carbons (Fsp3) is 0.111. The number of non-ortho nitro benzene ring substituents is 1. The second kappa shape index (κ2) is 8.64. The highest BCUT2D eigenvalue weighted by atomic mass is 35.5. The largest absolute Gasteiger partial charge is 0.497 e. The second-order valence-electron chi connectivity index (χ2n) is 5.65. The number of benzene rings is 2. The molecular weight excluding hydrogens is 443 g/mol. The number of halogens is 2. The Bertz CT molecular complexity index is 1130. The lowest BCUT2D eigenvalue weighted by atomic mass is 10.2. The van der Waals surface area contributed by atoms with Crippen molar-refractivity contribution in [1.29, 1.82) is 0 Å². The summed E-state index contributed by atoms with van der Waals surface area (Å²) in [4.78, 5) is 34.6. The van der Waals surface area contributed by atoms with Crippen LogP contribution in [0.25, 0.3) is 10.1 Å². The number of fused-ring (bicyclic) bond motifs is 1. The van der Waals surface area contributed by atoms with Crippen LogP contribution in [0.3, 0.4) is 0 Å². The highest BCUT2D eigenvalue weighted by molar-refractivity contribution is 7.21. The maximum Gasteiger partial charge on any atom is 0.350 e. The lowest BCUT2D eigenvalue weighted by Gasteiger charge is -2.07. The van der Waals surface area contributed by atoms with Gasteiger partial charge in [0.2, 0.25) is 0 Å². The van der Waals surface area contributed by atoms with E-state index in [9.17, 15) is 19.7 Å². The van der Waals surface area contributed by atoms with E-state index < -0.39 is 23.4 Å². The minimum absolute atomic E-state index is 0.0135. The molecule has 1 aromatic heterocycles. The van der Waals surface area contributed by atoms with E-state index in [0.29, 0.717) is 11.1 Å². The van der Waals surface area contributed by atoms with Gasteiger partial charge in [0.05, 0.1) is 27.8 Å². The summed E-state index contributed by atoms with van der Waals surface area (Å²) in [5, 5.41) is 14.0. The van der Waals surface area contributed by atoms with Crippen LogP contribution >= 0.6 is 34.5 Å². The van der Waals surface area contributed by atoms with Gasteiger partial charge in [0.1, 0.15) is 10.6 Å². The Hall–Kier alpha value is -2.88. The van der Waals surface area contributed by atoms with Crippen LogP contribution in [0.2, 0.25) is 10.0 Å². The first-order valence-corrected chi connectivity index (χ1v) is 9.54. The van der Waals surface area contributed by atoms with Gasteiger partial charge in [-0.25, -0.2) is 4.79 Å². The molecule has 0 aliphatic carbocycles. The van der Waals surface area contributed by atoms with Gasteiger partial charge < -0.3 is 14.8 Å². The van der Waals surface area contributed by atoms with Crippen LogP contribution in [0.1, 0.15) is 9.67 Å². The molecule has 1 amide bonds. The molecule has 29 heavy (non-hydrogen) atoms. The predicted molar refractivity (Wildman–Crippen MR) is 110 cm³/mol. The van der Waals surface area contributed by atoms with Gasteiger partial charge in [-0.15, -0.1) is 11.3 Å². The van der Waals surface area contributed by atoms with Crippen molar-refractivity contribution in [1.82, 2.24) is 0 Å². The minimum atomic E-state index is -0.750. The Morgan fingerprint density at radius 1 is 1.21 bits per heavy atom. The monoisotopic (exact) mass is 454 g/mol. The Kier molecular flexibility index (Phi) is 6.21. The second-order valence-corrected chi connectivity index (χ2v) is 7.49. The molecule has 0 fully saturated rings. The van der Waals surface area contributed by atoms with Crippen molar-refractivity contribution in [3.05, 3.63) is 61.4 Å². The number of hydrogen-bond acceptors (Lipinski definition) is 7. The van der Waals surface area contributed by atoms with E-state index in [1.165, 1.54) is 19.2 Å². The van der Waals surface area contributed by atoms with Crippen LogP contribution in [-0.2, 0) is 9.53 Å². The lowest BCUT2D eigenvalue weighted by molar-refractivity contribution is -0.384. The Labute approximate surface area is 178 Å². The minimum Gasteiger partial charge on any atom is -0.497 e. The smallest absolute Gasteiger partial charge is 0.350 e. The molecule has 2 aromatic carbocycles. The average Bonchev–Trinajstić information content (AvgIpc) is 3.03. The highest BCUT2D eigenvalue weighted by Gasteiger charge is 2.20. The number of methoxy groups -OCH3 is 1. The van der Waals surface area contributed by atoms with Crippen molar-refractivity contribution < 1.29 is 24.0 Å². The van der Waals surface area contributed by atoms with Crippen molar-refractivity contribution in [2.75, 3.05) is 19.0 Å². The number of carbonyl (C=O) groups excluding carboxylic acids is 2. The van der Waals surface area contributed by atoms with Gasteiger partial charge in [0, 0.05) is 22.2 Å². The number of esters is 1. The molecule has 0 unspecified atom stereocenters. The first kappa shape index (κ1) is 20.8. The SMILES string of the molecule is COc1ccc2c(Cl)c(C(=O)OCC(=O)Nc3ccc([N+](=O)[O-])cc3Cl)sc2c1. The number of amides is 1. The lowest BCUT2D eigenvalue weighted by Crippen LogP contribution is -2.20. The zero-order chi connectivity index (χ0) is 21.1. The number of ether oxygens (including phenoxy) is 2. The Morgan fingerprint density at radius 3 is 2.62 bits per heavy atom. The maximum absolute atomic E-state index is 12.3. The van der Waals surface area contributed by atoms with E-state index in [4.69, 9.17) is 32.7 Å². The number of nitrogens with zero attached hydrogens (tertiary/aromatic N) is 1. The summed E-state index contributed by atoms with van der Waals surface area (Å²) in [6.07, 6.45) is 0. The van der Waals surface area contributed by atoms with Crippen LogP contribution in [0.5, 0.6) is 5.75 Å². The number of nitrogens with one attached hydrogen (secondary N) is 1. The molecule has 0 spiro atoms. The summed E-state index contributed by atoms with van der Waals surface area (Å²) in [6, 6.07) is 8.78. The van der Waals surface area contributed by atoms with Crippen LogP contribution in [0.4, 0.5) is 11.4 Å². The molecule has 3 aromatic rings. The summed E-state index contributed by atoms with van der Waals surface area (Å²) in [5.74, 6) is -0.789. The van der Waals surface area contributed by atoms with E-state index in [0.717, 1.165) is 22.1 Å². The van der Waals surface area contributed by atoms with E-state index >= 15 is 0 Å². The molecule has 8 nitrogen and oxygen atoms in total. The molecule has 1 N–H and O–H groups in total. The summed E-state index contributed by atoms with van der Waals surface area (Å²) in [7, 11) is 1.53. The maximum atomic E-state index is 12.3. The molecular formula is C18H12Cl2N2O6S. The van der Waals surface area contributed by atoms with Crippen molar-refractivity contribution >= 4 is 67.9 Å². The molecule has 0 atom stereocenters. The number of rotatable bonds is 6. The summed E-state index contributed by atoms with van der Waals surface area (Å²) in [5.41, 5.74) is -0.0548. The van der Waals surface area contributed by atoms with Gasteiger partial charge in [-0.1, -0.05) is 23.2 Å². The van der Waals surface area contributed by atoms with Crippen molar-refractivity contribution in [3.8, 4) is 5.75 Å². The molecule has 0 aliphatic rings. The van der Waals surface area contributed by atoms with Crippen molar-refractivity contribution in [3.63, 3.8) is 0 Å². The van der Waals surface area contributed by atoms with E-state index in [1.807, 2.05) is 0 Å². The van der Waals surface area contributed by atoms with Crippen molar-refractivity contribution in [2.24, 2.45) is 0 Å². The van der Waals surface area contributed by atoms with Gasteiger partial charge in [0.25, 0.3) is 11.6 Å². The Morgan fingerprint density at radius 2 is 1.97 bits per heavy atom. The third kappa shape index (κ3) is 4.58. The molecule has 0 saturated heterocycles. The molecule has 3 rings (SSSR count).